The van der Waals surface area contributed by atoms with E-state index in [0.29, 0.717) is 28.6 Å². The fourth-order valence-electron chi connectivity index (χ4n) is 2.26. The molecule has 0 bridgehead atoms. The first kappa shape index (κ1) is 17.7. The molecule has 0 spiro atoms. The molecular weight excluding hydrogens is 346 g/mol. The highest BCUT2D eigenvalue weighted by atomic mass is 32.1. The maximum atomic E-state index is 12.3. The van der Waals surface area contributed by atoms with Crippen LogP contribution < -0.4 is 16.5 Å². The Morgan fingerprint density at radius 3 is 2.54 bits per heavy atom. The van der Waals surface area contributed by atoms with Gasteiger partial charge in [0.2, 0.25) is 0 Å². The molecule has 0 fully saturated rings. The lowest BCUT2D eigenvalue weighted by Crippen LogP contribution is -2.12. The lowest BCUT2D eigenvalue weighted by molar-refractivity contribution is 0.0666. The average molecular weight is 365 g/mol. The zero-order chi connectivity index (χ0) is 18.4. The van der Waals surface area contributed by atoms with Crippen LogP contribution in [0.25, 0.3) is 5.70 Å². The number of nitrogens with two attached hydrogens (primary N) is 1. The SMILES string of the molecule is C=C(NOCc1ccc(C(=O)Nc2ccccc2N)s1)c1ccccc1. The Kier molecular flexibility index (Phi) is 5.68. The van der Waals surface area contributed by atoms with Crippen molar-refractivity contribution in [2.45, 2.75) is 6.61 Å². The van der Waals surface area contributed by atoms with E-state index in [1.165, 1.54) is 11.3 Å². The number of carbonyl (C=O) groups excluding carboxylic acids is 1. The Morgan fingerprint density at radius 1 is 1.04 bits per heavy atom. The van der Waals surface area contributed by atoms with E-state index in [1.807, 2.05) is 48.5 Å². The van der Waals surface area contributed by atoms with Crippen molar-refractivity contribution in [1.82, 2.24) is 5.48 Å². The van der Waals surface area contributed by atoms with Crippen LogP contribution in [0.3, 0.4) is 0 Å². The number of benzene rings is 2. The van der Waals surface area contributed by atoms with Gasteiger partial charge in [0.05, 0.1) is 21.9 Å². The third-order valence-corrected chi connectivity index (χ3v) is 4.68. The number of anilines is 2. The summed E-state index contributed by atoms with van der Waals surface area (Å²) < 4.78 is 0. The van der Waals surface area contributed by atoms with Crippen molar-refractivity contribution in [2.75, 3.05) is 11.1 Å². The van der Waals surface area contributed by atoms with Crippen molar-refractivity contribution in [3.05, 3.63) is 88.6 Å². The highest BCUT2D eigenvalue weighted by Gasteiger charge is 2.11. The first-order valence-corrected chi connectivity index (χ1v) is 8.82. The maximum Gasteiger partial charge on any atom is 0.265 e. The maximum absolute atomic E-state index is 12.3. The second kappa shape index (κ2) is 8.33. The Balaban J connectivity index is 1.52. The van der Waals surface area contributed by atoms with Gasteiger partial charge in [-0.25, -0.2) is 0 Å². The highest BCUT2D eigenvalue weighted by Crippen LogP contribution is 2.22. The van der Waals surface area contributed by atoms with Crippen LogP contribution in [0.15, 0.2) is 73.3 Å². The number of hydrogen-bond acceptors (Lipinski definition) is 5. The molecular formula is C20H19N3O2S. The molecule has 4 N–H and O–H groups in total. The number of hydroxylamine groups is 1. The molecule has 1 aromatic heterocycles. The monoisotopic (exact) mass is 365 g/mol. The number of carbonyl (C=O) groups is 1. The minimum atomic E-state index is -0.194. The summed E-state index contributed by atoms with van der Waals surface area (Å²) >= 11 is 1.37. The quantitative estimate of drug-likeness (QED) is 0.432. The van der Waals surface area contributed by atoms with Crippen LogP contribution in [0.1, 0.15) is 20.1 Å². The van der Waals surface area contributed by atoms with Crippen molar-refractivity contribution in [3.63, 3.8) is 0 Å². The topological polar surface area (TPSA) is 76.4 Å². The van der Waals surface area contributed by atoms with Gasteiger partial charge in [0.15, 0.2) is 0 Å². The standard InChI is InChI=1S/C20H19N3O2S/c1-14(15-7-3-2-4-8-15)23-25-13-16-11-12-19(26-16)20(24)22-18-10-6-5-9-17(18)21/h2-12,23H,1,13,21H2,(H,22,24). The second-order valence-corrected chi connectivity index (χ2v) is 6.71. The zero-order valence-electron chi connectivity index (χ0n) is 14.1. The van der Waals surface area contributed by atoms with Crippen molar-refractivity contribution < 1.29 is 9.63 Å². The van der Waals surface area contributed by atoms with E-state index in [1.54, 1.807) is 18.2 Å². The smallest absolute Gasteiger partial charge is 0.265 e. The molecule has 0 atom stereocenters. The van der Waals surface area contributed by atoms with Crippen LogP contribution in [-0.2, 0) is 11.4 Å². The lowest BCUT2D eigenvalue weighted by Gasteiger charge is -2.09. The van der Waals surface area contributed by atoms with Gasteiger partial charge in [-0.05, 0) is 29.8 Å². The molecule has 26 heavy (non-hydrogen) atoms. The molecule has 5 nitrogen and oxygen atoms in total. The van der Waals surface area contributed by atoms with E-state index in [-0.39, 0.29) is 5.91 Å². The molecule has 0 aliphatic carbocycles. The predicted molar refractivity (Wildman–Crippen MR) is 107 cm³/mol. The van der Waals surface area contributed by atoms with Gasteiger partial charge in [-0.15, -0.1) is 11.3 Å². The van der Waals surface area contributed by atoms with Gasteiger partial charge in [-0.2, -0.15) is 0 Å². The number of hydrogen-bond donors (Lipinski definition) is 3. The van der Waals surface area contributed by atoms with E-state index >= 15 is 0 Å². The van der Waals surface area contributed by atoms with E-state index in [2.05, 4.69) is 17.4 Å². The lowest BCUT2D eigenvalue weighted by atomic mass is 10.2. The molecule has 0 unspecified atom stereocenters. The summed E-state index contributed by atoms with van der Waals surface area (Å²) in [7, 11) is 0. The molecule has 1 heterocycles. The highest BCUT2D eigenvalue weighted by molar-refractivity contribution is 7.14. The van der Waals surface area contributed by atoms with Crippen LogP contribution in [0.4, 0.5) is 11.4 Å². The van der Waals surface area contributed by atoms with Crippen molar-refractivity contribution >= 4 is 34.3 Å². The molecule has 0 saturated heterocycles. The van der Waals surface area contributed by atoms with Crippen LogP contribution >= 0.6 is 11.3 Å². The molecule has 0 radical (unpaired) electrons. The summed E-state index contributed by atoms with van der Waals surface area (Å²) in [6.45, 7) is 4.27. The third-order valence-electron chi connectivity index (χ3n) is 3.63. The number of amides is 1. The largest absolute Gasteiger partial charge is 0.397 e. The molecule has 3 rings (SSSR count). The molecule has 0 saturated carbocycles. The van der Waals surface area contributed by atoms with Gasteiger partial charge in [0.25, 0.3) is 5.91 Å². The summed E-state index contributed by atoms with van der Waals surface area (Å²) in [5.41, 5.74) is 11.4. The normalized spacial score (nSPS) is 10.3. The summed E-state index contributed by atoms with van der Waals surface area (Å²) in [6, 6.07) is 20.5. The summed E-state index contributed by atoms with van der Waals surface area (Å²) in [4.78, 5) is 19.3. The third kappa shape index (κ3) is 4.50. The molecule has 0 aliphatic heterocycles. The van der Waals surface area contributed by atoms with Crippen molar-refractivity contribution in [1.29, 1.82) is 0 Å². The van der Waals surface area contributed by atoms with Gasteiger partial charge in [-0.1, -0.05) is 49.0 Å². The molecule has 6 heteroatoms. The van der Waals surface area contributed by atoms with Crippen LogP contribution in [0.2, 0.25) is 0 Å². The van der Waals surface area contributed by atoms with Crippen molar-refractivity contribution in [3.8, 4) is 0 Å². The number of para-hydroxylation sites is 2. The van der Waals surface area contributed by atoms with E-state index in [0.717, 1.165) is 10.4 Å². The predicted octanol–water partition coefficient (Wildman–Crippen LogP) is 4.27. The Bertz CT molecular complexity index is 906. The fourth-order valence-corrected chi connectivity index (χ4v) is 3.08. The zero-order valence-corrected chi connectivity index (χ0v) is 14.9. The summed E-state index contributed by atoms with van der Waals surface area (Å²) in [5.74, 6) is -0.194. The van der Waals surface area contributed by atoms with Gasteiger partial charge in [0.1, 0.15) is 6.61 Å². The number of nitrogen functional groups attached to an aromatic ring is 1. The molecule has 3 aromatic rings. The van der Waals surface area contributed by atoms with Gasteiger partial charge in [-0.3, -0.25) is 15.1 Å². The van der Waals surface area contributed by atoms with E-state index in [9.17, 15) is 4.79 Å². The second-order valence-electron chi connectivity index (χ2n) is 5.54. The van der Waals surface area contributed by atoms with E-state index < -0.39 is 0 Å². The van der Waals surface area contributed by atoms with Gasteiger partial charge < -0.3 is 11.1 Å². The Morgan fingerprint density at radius 2 is 1.77 bits per heavy atom. The number of thiophene rings is 1. The van der Waals surface area contributed by atoms with Gasteiger partial charge >= 0.3 is 0 Å². The molecule has 0 aliphatic rings. The summed E-state index contributed by atoms with van der Waals surface area (Å²) in [5, 5.41) is 2.81. The minimum Gasteiger partial charge on any atom is -0.397 e. The average Bonchev–Trinajstić information content (AvgIpc) is 3.13. The first-order chi connectivity index (χ1) is 12.6. The molecule has 132 valence electrons. The minimum absolute atomic E-state index is 0.194. The van der Waals surface area contributed by atoms with Crippen LogP contribution in [0.5, 0.6) is 0 Å². The number of rotatable bonds is 7. The Hall–Kier alpha value is -3.09. The van der Waals surface area contributed by atoms with Gasteiger partial charge in [0, 0.05) is 4.88 Å². The van der Waals surface area contributed by atoms with Crippen LogP contribution in [0, 0.1) is 0 Å². The molecule has 1 amide bonds. The molecule has 2 aromatic carbocycles. The van der Waals surface area contributed by atoms with E-state index in [4.69, 9.17) is 10.6 Å². The Labute approximate surface area is 156 Å². The fraction of sp³-hybridized carbons (Fsp3) is 0.0500. The van der Waals surface area contributed by atoms with Crippen LogP contribution in [-0.4, -0.2) is 5.91 Å². The van der Waals surface area contributed by atoms with Crippen molar-refractivity contribution in [2.24, 2.45) is 0 Å². The summed E-state index contributed by atoms with van der Waals surface area (Å²) in [6.07, 6.45) is 0. The number of nitrogens with one attached hydrogen (secondary N) is 2. The first-order valence-electron chi connectivity index (χ1n) is 8.00.